The fraction of sp³-hybridized carbons (Fsp3) is 0.400. The minimum absolute atomic E-state index is 0.146. The summed E-state index contributed by atoms with van der Waals surface area (Å²) in [6.45, 7) is 5.86. The zero-order chi connectivity index (χ0) is 19.4. The highest BCUT2D eigenvalue weighted by Gasteiger charge is 2.44. The second-order valence-corrected chi connectivity index (χ2v) is 9.32. The summed E-state index contributed by atoms with van der Waals surface area (Å²) in [5.74, 6) is 0. The van der Waals surface area contributed by atoms with Crippen LogP contribution in [0.2, 0.25) is 0 Å². The summed E-state index contributed by atoms with van der Waals surface area (Å²) in [4.78, 5) is -1.06. The molecule has 2 aromatic carbocycles. The maximum atomic E-state index is 11.9. The summed E-state index contributed by atoms with van der Waals surface area (Å²) in [5, 5.41) is 3.47. The van der Waals surface area contributed by atoms with Gasteiger partial charge >= 0.3 is 0 Å². The van der Waals surface area contributed by atoms with Gasteiger partial charge in [-0.3, -0.25) is 4.18 Å². The van der Waals surface area contributed by atoms with Crippen LogP contribution < -0.4 is 5.32 Å². The van der Waals surface area contributed by atoms with Crippen molar-refractivity contribution in [2.24, 2.45) is 0 Å². The molecule has 0 aliphatic rings. The summed E-state index contributed by atoms with van der Waals surface area (Å²) in [5.41, 5.74) is 1.68. The van der Waals surface area contributed by atoms with Crippen LogP contribution >= 0.6 is 11.6 Å². The summed E-state index contributed by atoms with van der Waals surface area (Å²) >= 11 is 7.04. The molecule has 0 fully saturated rings. The molecule has 6 heteroatoms. The molecule has 2 rings (SSSR count). The van der Waals surface area contributed by atoms with E-state index in [9.17, 15) is 8.42 Å². The van der Waals surface area contributed by atoms with Crippen LogP contribution in [0.1, 0.15) is 44.0 Å². The van der Waals surface area contributed by atoms with E-state index in [0.29, 0.717) is 5.56 Å². The molecule has 3 atom stereocenters. The van der Waals surface area contributed by atoms with Gasteiger partial charge < -0.3 is 5.32 Å². The minimum Gasteiger partial charge on any atom is -0.306 e. The first-order valence-corrected chi connectivity index (χ1v) is 10.7. The Labute approximate surface area is 161 Å². The molecule has 0 aliphatic heterocycles. The van der Waals surface area contributed by atoms with E-state index >= 15 is 0 Å². The van der Waals surface area contributed by atoms with Crippen LogP contribution in [0.25, 0.3) is 0 Å². The highest BCUT2D eigenvalue weighted by molar-refractivity contribution is 7.86. The molecule has 26 heavy (non-hydrogen) atoms. The van der Waals surface area contributed by atoms with Gasteiger partial charge in [-0.2, -0.15) is 8.42 Å². The molecule has 0 saturated heterocycles. The van der Waals surface area contributed by atoms with Crippen molar-refractivity contribution in [3.05, 3.63) is 71.8 Å². The molecular formula is C20H26ClNO3S. The number of rotatable bonds is 8. The third kappa shape index (κ3) is 5.55. The van der Waals surface area contributed by atoms with Crippen LogP contribution in [0.15, 0.2) is 60.7 Å². The highest BCUT2D eigenvalue weighted by atomic mass is 35.5. The van der Waals surface area contributed by atoms with Crippen LogP contribution in [0.4, 0.5) is 0 Å². The fourth-order valence-corrected chi connectivity index (χ4v) is 4.07. The Hall–Kier alpha value is -1.40. The van der Waals surface area contributed by atoms with Crippen LogP contribution in [0.5, 0.6) is 0 Å². The fourth-order valence-electron chi connectivity index (χ4n) is 2.99. The Balaban J connectivity index is 2.54. The molecule has 0 amide bonds. The SMILES string of the molecule is CC(C)N[C@@H](c1ccccc1)[C@](C)(Cl)[C@@H](OS(C)(=O)=O)c1ccccc1. The number of hydrogen-bond donors (Lipinski definition) is 1. The Morgan fingerprint density at radius 2 is 1.42 bits per heavy atom. The van der Waals surface area contributed by atoms with Crippen molar-refractivity contribution in [1.82, 2.24) is 5.32 Å². The van der Waals surface area contributed by atoms with E-state index in [1.165, 1.54) is 0 Å². The first-order valence-electron chi connectivity index (χ1n) is 8.54. The first kappa shape index (κ1) is 20.9. The Bertz CT molecular complexity index is 792. The van der Waals surface area contributed by atoms with Crippen LogP contribution in [-0.2, 0) is 14.3 Å². The third-order valence-corrected chi connectivity index (χ3v) is 5.04. The van der Waals surface area contributed by atoms with Crippen molar-refractivity contribution in [1.29, 1.82) is 0 Å². The van der Waals surface area contributed by atoms with E-state index in [1.807, 2.05) is 81.4 Å². The summed E-state index contributed by atoms with van der Waals surface area (Å²) in [7, 11) is -3.71. The number of nitrogens with one attached hydrogen (secondary N) is 1. The smallest absolute Gasteiger partial charge is 0.265 e. The molecule has 0 aliphatic carbocycles. The van der Waals surface area contributed by atoms with E-state index in [4.69, 9.17) is 15.8 Å². The maximum Gasteiger partial charge on any atom is 0.265 e. The summed E-state index contributed by atoms with van der Waals surface area (Å²) in [6, 6.07) is 18.8. The van der Waals surface area contributed by atoms with E-state index < -0.39 is 21.1 Å². The van der Waals surface area contributed by atoms with Crippen molar-refractivity contribution in [2.75, 3.05) is 6.26 Å². The van der Waals surface area contributed by atoms with Crippen molar-refractivity contribution >= 4 is 21.7 Å². The molecule has 0 bridgehead atoms. The average molecular weight is 396 g/mol. The second-order valence-electron chi connectivity index (χ2n) is 6.91. The standard InChI is InChI=1S/C20H26ClNO3S/c1-15(2)22-18(16-11-7-5-8-12-16)20(3,21)19(25-26(4,23)24)17-13-9-6-10-14-17/h5-15,18-19,22H,1-4H3/t18-,19-,20-/m0/s1. The molecule has 2 aromatic rings. The molecule has 0 aromatic heterocycles. The van der Waals surface area contributed by atoms with Crippen molar-refractivity contribution < 1.29 is 12.6 Å². The zero-order valence-corrected chi connectivity index (χ0v) is 17.1. The summed E-state index contributed by atoms with van der Waals surface area (Å²) < 4.78 is 29.4. The van der Waals surface area contributed by atoms with E-state index in [1.54, 1.807) is 0 Å². The van der Waals surface area contributed by atoms with E-state index in [2.05, 4.69) is 5.32 Å². The number of hydrogen-bond acceptors (Lipinski definition) is 4. The largest absolute Gasteiger partial charge is 0.306 e. The molecule has 142 valence electrons. The molecule has 0 unspecified atom stereocenters. The highest BCUT2D eigenvalue weighted by Crippen LogP contribution is 2.45. The van der Waals surface area contributed by atoms with E-state index in [0.717, 1.165) is 11.8 Å². The predicted molar refractivity (Wildman–Crippen MR) is 107 cm³/mol. The van der Waals surface area contributed by atoms with Gasteiger partial charge in [-0.25, -0.2) is 0 Å². The maximum absolute atomic E-state index is 11.9. The van der Waals surface area contributed by atoms with Gasteiger partial charge in [0.15, 0.2) is 0 Å². The normalized spacial score (nSPS) is 16.8. The van der Waals surface area contributed by atoms with Crippen molar-refractivity contribution in [3.63, 3.8) is 0 Å². The van der Waals surface area contributed by atoms with Crippen LogP contribution in [0, 0.1) is 0 Å². The quantitative estimate of drug-likeness (QED) is 0.530. The minimum atomic E-state index is -3.71. The van der Waals surface area contributed by atoms with Gasteiger partial charge in [0.25, 0.3) is 10.1 Å². The van der Waals surface area contributed by atoms with Gasteiger partial charge in [-0.15, -0.1) is 11.6 Å². The Morgan fingerprint density at radius 1 is 0.962 bits per heavy atom. The lowest BCUT2D eigenvalue weighted by Gasteiger charge is -2.40. The molecule has 0 radical (unpaired) electrons. The van der Waals surface area contributed by atoms with Gasteiger partial charge in [0.2, 0.25) is 0 Å². The monoisotopic (exact) mass is 395 g/mol. The average Bonchev–Trinajstić information content (AvgIpc) is 2.58. The second kappa shape index (κ2) is 8.53. The first-order chi connectivity index (χ1) is 12.1. The summed E-state index contributed by atoms with van der Waals surface area (Å²) in [6.07, 6.45) is 0.195. The van der Waals surface area contributed by atoms with Gasteiger partial charge in [0.1, 0.15) is 6.10 Å². The lowest BCUT2D eigenvalue weighted by atomic mass is 9.85. The van der Waals surface area contributed by atoms with Gasteiger partial charge in [-0.1, -0.05) is 74.5 Å². The van der Waals surface area contributed by atoms with Crippen LogP contribution in [0.3, 0.4) is 0 Å². The topological polar surface area (TPSA) is 55.4 Å². The van der Waals surface area contributed by atoms with Gasteiger partial charge in [0.05, 0.1) is 17.2 Å². The zero-order valence-electron chi connectivity index (χ0n) is 15.5. The Kier molecular flexibility index (Phi) is 6.86. The Morgan fingerprint density at radius 3 is 1.85 bits per heavy atom. The van der Waals surface area contributed by atoms with E-state index in [-0.39, 0.29) is 12.1 Å². The number of halogens is 1. The molecule has 1 N–H and O–H groups in total. The molecule has 0 spiro atoms. The third-order valence-electron chi connectivity index (χ3n) is 4.08. The van der Waals surface area contributed by atoms with Gasteiger partial charge in [0, 0.05) is 6.04 Å². The molecule has 0 saturated carbocycles. The van der Waals surface area contributed by atoms with Gasteiger partial charge in [-0.05, 0) is 18.1 Å². The van der Waals surface area contributed by atoms with Crippen molar-refractivity contribution in [2.45, 2.75) is 43.8 Å². The molecule has 0 heterocycles. The van der Waals surface area contributed by atoms with Crippen LogP contribution in [-0.4, -0.2) is 25.6 Å². The van der Waals surface area contributed by atoms with Crippen molar-refractivity contribution in [3.8, 4) is 0 Å². The predicted octanol–water partition coefficient (Wildman–Crippen LogP) is 4.44. The molecule has 4 nitrogen and oxygen atoms in total. The lowest BCUT2D eigenvalue weighted by molar-refractivity contribution is 0.141. The number of benzene rings is 2. The lowest BCUT2D eigenvalue weighted by Crippen LogP contribution is -2.45. The number of alkyl halides is 1. The molecular weight excluding hydrogens is 370 g/mol.